The van der Waals surface area contributed by atoms with Crippen LogP contribution in [0.25, 0.3) is 88.4 Å². The van der Waals surface area contributed by atoms with E-state index in [0.717, 1.165) is 60.6 Å². The molecule has 0 N–H and O–H groups in total. The highest BCUT2D eigenvalue weighted by atomic mass is 15.2. The molecule has 232 valence electrons. The molecular weight excluding hydrogens is 611 g/mol. The highest BCUT2D eigenvalue weighted by Gasteiger charge is 2.20. The van der Waals surface area contributed by atoms with Crippen LogP contribution in [0, 0.1) is 11.3 Å². The molecule has 0 aliphatic carbocycles. The number of hydrogen-bond acceptors (Lipinski definition) is 3. The number of rotatable bonds is 4. The molecule has 0 fully saturated rings. The molecule has 0 aliphatic heterocycles. The van der Waals surface area contributed by atoms with E-state index < -0.39 is 0 Å². The fourth-order valence-corrected chi connectivity index (χ4v) is 7.58. The number of para-hydroxylation sites is 3. The van der Waals surface area contributed by atoms with Crippen LogP contribution in [0.5, 0.6) is 0 Å². The molecule has 3 aromatic heterocycles. The summed E-state index contributed by atoms with van der Waals surface area (Å²) in [5.41, 5.74) is 11.1. The van der Waals surface area contributed by atoms with Crippen LogP contribution >= 0.6 is 0 Å². The summed E-state index contributed by atoms with van der Waals surface area (Å²) in [4.78, 5) is 9.82. The van der Waals surface area contributed by atoms with Crippen LogP contribution in [0.4, 0.5) is 0 Å². The van der Waals surface area contributed by atoms with Crippen molar-refractivity contribution in [3.8, 4) is 40.0 Å². The Morgan fingerprint density at radius 3 is 1.84 bits per heavy atom. The molecule has 10 rings (SSSR count). The lowest BCUT2D eigenvalue weighted by atomic mass is 9.97. The minimum absolute atomic E-state index is 0.361. The second-order valence-electron chi connectivity index (χ2n) is 12.6. The molecule has 50 heavy (non-hydrogen) atoms. The van der Waals surface area contributed by atoms with Crippen LogP contribution in [0.1, 0.15) is 5.69 Å². The molecule has 7 aromatic carbocycles. The minimum atomic E-state index is 0.361. The van der Waals surface area contributed by atoms with Crippen molar-refractivity contribution in [2.75, 3.05) is 0 Å². The molecule has 0 saturated heterocycles. The summed E-state index contributed by atoms with van der Waals surface area (Å²) >= 11 is 0. The van der Waals surface area contributed by atoms with Gasteiger partial charge < -0.3 is 4.57 Å². The summed E-state index contributed by atoms with van der Waals surface area (Å²) in [5.74, 6) is 0.480. The number of nitriles is 1. The topological polar surface area (TPSA) is 59.4 Å². The third-order valence-electron chi connectivity index (χ3n) is 9.79. The molecule has 3 heterocycles. The summed E-state index contributed by atoms with van der Waals surface area (Å²) < 4.78 is 4.45. The maximum Gasteiger partial charge on any atom is 0.236 e. The third-order valence-corrected chi connectivity index (χ3v) is 9.79. The maximum absolute atomic E-state index is 10.1. The highest BCUT2D eigenvalue weighted by Crippen LogP contribution is 2.41. The van der Waals surface area contributed by atoms with Crippen molar-refractivity contribution in [2.45, 2.75) is 0 Å². The second kappa shape index (κ2) is 11.0. The van der Waals surface area contributed by atoms with Crippen LogP contribution in [0.2, 0.25) is 0 Å². The first-order chi connectivity index (χ1) is 24.8. The zero-order valence-electron chi connectivity index (χ0n) is 26.8. The number of nitrogens with zero attached hydrogens (tertiary/aromatic N) is 5. The lowest BCUT2D eigenvalue weighted by molar-refractivity contribution is 1.00. The molecule has 0 atom stereocenters. The van der Waals surface area contributed by atoms with Gasteiger partial charge in [-0.15, -0.1) is 0 Å². The number of aromatic nitrogens is 4. The van der Waals surface area contributed by atoms with Crippen molar-refractivity contribution in [3.63, 3.8) is 0 Å². The Morgan fingerprint density at radius 2 is 1.06 bits per heavy atom. The molecule has 0 unspecified atom stereocenters. The zero-order valence-corrected chi connectivity index (χ0v) is 26.8. The fraction of sp³-hybridized carbons (Fsp3) is 0. The van der Waals surface area contributed by atoms with Gasteiger partial charge in [-0.1, -0.05) is 103 Å². The molecule has 0 bridgehead atoms. The first kappa shape index (κ1) is 28.0. The second-order valence-corrected chi connectivity index (χ2v) is 12.6. The molecule has 0 aliphatic rings. The minimum Gasteiger partial charge on any atom is -0.309 e. The smallest absolute Gasteiger partial charge is 0.236 e. The Kier molecular flexibility index (Phi) is 6.17. The van der Waals surface area contributed by atoms with E-state index in [2.05, 4.69) is 149 Å². The molecular formula is C45H27N5. The van der Waals surface area contributed by atoms with E-state index in [9.17, 15) is 5.26 Å². The van der Waals surface area contributed by atoms with Gasteiger partial charge in [-0.25, -0.2) is 9.97 Å². The Hall–Kier alpha value is -7.03. The Bertz CT molecular complexity index is 2980. The first-order valence-corrected chi connectivity index (χ1v) is 16.7. The number of hydrogen-bond donors (Lipinski definition) is 0. The maximum atomic E-state index is 10.1. The van der Waals surface area contributed by atoms with E-state index in [1.54, 1.807) is 0 Å². The van der Waals surface area contributed by atoms with E-state index in [-0.39, 0.29) is 0 Å². The SMILES string of the molecule is N#Cc1nc(-n2c3ccc(-c4ccc5c(c4)c4ccccc4n5-c4ccccc4)cc3c3c(-c4ccccc4)cccc32)nc2ccccc12. The molecule has 0 radical (unpaired) electrons. The largest absolute Gasteiger partial charge is 0.309 e. The summed E-state index contributed by atoms with van der Waals surface area (Å²) in [7, 11) is 0. The van der Waals surface area contributed by atoms with Gasteiger partial charge in [0.2, 0.25) is 5.95 Å². The molecule has 5 nitrogen and oxygen atoms in total. The van der Waals surface area contributed by atoms with Gasteiger partial charge in [0.15, 0.2) is 5.69 Å². The molecule has 5 heteroatoms. The van der Waals surface area contributed by atoms with Crippen LogP contribution in [0.15, 0.2) is 164 Å². The zero-order chi connectivity index (χ0) is 33.2. The van der Waals surface area contributed by atoms with Gasteiger partial charge in [-0.2, -0.15) is 5.26 Å². The highest BCUT2D eigenvalue weighted by molar-refractivity contribution is 6.17. The van der Waals surface area contributed by atoms with Crippen molar-refractivity contribution in [3.05, 3.63) is 169 Å². The van der Waals surface area contributed by atoms with Gasteiger partial charge in [-0.3, -0.25) is 4.57 Å². The summed E-state index contributed by atoms with van der Waals surface area (Å²) in [6.45, 7) is 0. The molecule has 10 aromatic rings. The van der Waals surface area contributed by atoms with Gasteiger partial charge in [-0.05, 0) is 82.9 Å². The standard InChI is InChI=1S/C45H27N5/c46-28-39-35-17-7-9-19-38(35)47-45(48-39)50-42-25-23-31(27-37(42)44-33(18-11-21-43(44)50)29-12-3-1-4-13-29)30-22-24-41-36(26-30)34-16-8-10-20-40(34)49(41)32-14-5-2-6-15-32/h1-27H. The van der Waals surface area contributed by atoms with Gasteiger partial charge in [0.1, 0.15) is 6.07 Å². The molecule has 0 saturated carbocycles. The lowest BCUT2D eigenvalue weighted by Gasteiger charge is -2.09. The fourth-order valence-electron chi connectivity index (χ4n) is 7.58. The van der Waals surface area contributed by atoms with E-state index in [1.807, 2.05) is 30.3 Å². The van der Waals surface area contributed by atoms with Crippen LogP contribution in [-0.4, -0.2) is 19.1 Å². The number of benzene rings is 7. The van der Waals surface area contributed by atoms with Crippen molar-refractivity contribution in [1.29, 1.82) is 5.26 Å². The van der Waals surface area contributed by atoms with Crippen molar-refractivity contribution in [2.24, 2.45) is 0 Å². The Morgan fingerprint density at radius 1 is 0.440 bits per heavy atom. The average molecular weight is 638 g/mol. The van der Waals surface area contributed by atoms with Crippen LogP contribution in [-0.2, 0) is 0 Å². The van der Waals surface area contributed by atoms with Crippen LogP contribution in [0.3, 0.4) is 0 Å². The summed E-state index contributed by atoms with van der Waals surface area (Å²) in [6.07, 6.45) is 0. The molecule has 0 amide bonds. The van der Waals surface area contributed by atoms with Gasteiger partial charge in [0, 0.05) is 32.6 Å². The predicted molar refractivity (Wildman–Crippen MR) is 204 cm³/mol. The predicted octanol–water partition coefficient (Wildman–Crippen LogP) is 11.0. The van der Waals surface area contributed by atoms with Crippen molar-refractivity contribution in [1.82, 2.24) is 19.1 Å². The third kappa shape index (κ3) is 4.19. The van der Waals surface area contributed by atoms with Gasteiger partial charge in [0.05, 0.1) is 27.6 Å². The summed E-state index contributed by atoms with van der Waals surface area (Å²) in [5, 5.41) is 15.5. The first-order valence-electron chi connectivity index (χ1n) is 16.7. The van der Waals surface area contributed by atoms with Crippen LogP contribution < -0.4 is 0 Å². The van der Waals surface area contributed by atoms with Gasteiger partial charge in [0.25, 0.3) is 0 Å². The molecule has 0 spiro atoms. The Balaban J connectivity index is 1.25. The van der Waals surface area contributed by atoms with E-state index in [4.69, 9.17) is 9.97 Å². The van der Waals surface area contributed by atoms with Crippen molar-refractivity contribution < 1.29 is 0 Å². The van der Waals surface area contributed by atoms with Crippen molar-refractivity contribution >= 4 is 54.5 Å². The van der Waals surface area contributed by atoms with E-state index >= 15 is 0 Å². The Labute approximate surface area is 287 Å². The average Bonchev–Trinajstić information content (AvgIpc) is 3.70. The lowest BCUT2D eigenvalue weighted by Crippen LogP contribution is -2.03. The van der Waals surface area contributed by atoms with E-state index in [0.29, 0.717) is 11.6 Å². The number of fused-ring (bicyclic) bond motifs is 7. The van der Waals surface area contributed by atoms with Gasteiger partial charge >= 0.3 is 0 Å². The van der Waals surface area contributed by atoms with E-state index in [1.165, 1.54) is 21.8 Å². The quantitative estimate of drug-likeness (QED) is 0.193. The summed E-state index contributed by atoms with van der Waals surface area (Å²) in [6, 6.07) is 59.5. The normalized spacial score (nSPS) is 11.6. The monoisotopic (exact) mass is 637 g/mol.